The topological polar surface area (TPSA) is 69.6 Å². The zero-order valence-electron chi connectivity index (χ0n) is 8.95. The lowest BCUT2D eigenvalue weighted by Crippen LogP contribution is -2.04. The normalized spacial score (nSPS) is 11.2. The van der Waals surface area contributed by atoms with E-state index in [4.69, 9.17) is 9.79 Å². The number of rotatable bonds is 3. The average molecular weight is 249 g/mol. The van der Waals surface area contributed by atoms with Crippen molar-refractivity contribution in [3.63, 3.8) is 0 Å². The van der Waals surface area contributed by atoms with Crippen molar-refractivity contribution in [2.24, 2.45) is 0 Å². The molecule has 0 aliphatic rings. The highest BCUT2D eigenvalue weighted by Gasteiger charge is 2.16. The van der Waals surface area contributed by atoms with Crippen molar-refractivity contribution in [1.82, 2.24) is 0 Å². The van der Waals surface area contributed by atoms with Gasteiger partial charge >= 0.3 is 7.60 Å². The first-order chi connectivity index (χ1) is 8.05. The number of para-hydroxylation sites is 1. The molecule has 0 aliphatic heterocycles. The molecule has 0 radical (unpaired) electrons. The molecule has 4 nitrogen and oxygen atoms in total. The number of anilines is 2. The Morgan fingerprint density at radius 3 is 2.18 bits per heavy atom. The van der Waals surface area contributed by atoms with Gasteiger partial charge in [0.2, 0.25) is 0 Å². The fraction of sp³-hybridized carbons (Fsp3) is 0. The number of benzene rings is 2. The van der Waals surface area contributed by atoms with Crippen LogP contribution < -0.4 is 10.6 Å². The van der Waals surface area contributed by atoms with Crippen molar-refractivity contribution in [2.75, 3.05) is 5.32 Å². The van der Waals surface area contributed by atoms with Gasteiger partial charge in [-0.15, -0.1) is 0 Å². The maximum Gasteiger partial charge on any atom is 0.356 e. The smallest absolute Gasteiger partial charge is 0.356 e. The fourth-order valence-corrected chi connectivity index (χ4v) is 2.04. The van der Waals surface area contributed by atoms with Crippen molar-refractivity contribution in [1.29, 1.82) is 0 Å². The molecule has 2 aromatic carbocycles. The van der Waals surface area contributed by atoms with Crippen LogP contribution in [0.2, 0.25) is 0 Å². The second-order valence-corrected chi connectivity index (χ2v) is 5.19. The monoisotopic (exact) mass is 249 g/mol. The highest BCUT2D eigenvalue weighted by atomic mass is 31.2. The quantitative estimate of drug-likeness (QED) is 0.729. The summed E-state index contributed by atoms with van der Waals surface area (Å²) in [5.41, 5.74) is 1.52. The summed E-state index contributed by atoms with van der Waals surface area (Å²) in [4.78, 5) is 18.1. The van der Waals surface area contributed by atoms with Gasteiger partial charge in [-0.25, -0.2) is 0 Å². The van der Waals surface area contributed by atoms with E-state index in [9.17, 15) is 4.57 Å². The minimum Gasteiger partial charge on any atom is -0.356 e. The van der Waals surface area contributed by atoms with Crippen molar-refractivity contribution < 1.29 is 14.4 Å². The Labute approximate surface area is 99.1 Å². The van der Waals surface area contributed by atoms with Crippen LogP contribution >= 0.6 is 7.60 Å². The minimum atomic E-state index is -4.19. The standard InChI is InChI=1S/C12H12NO3P/c14-17(15,16)12-8-4-7-11(9-12)13-10-5-2-1-3-6-10/h1-9,13H,(H2,14,15,16). The van der Waals surface area contributed by atoms with Crippen LogP contribution in [0, 0.1) is 0 Å². The molecule has 0 aromatic heterocycles. The lowest BCUT2D eigenvalue weighted by Gasteiger charge is -2.09. The Balaban J connectivity index is 2.26. The maximum absolute atomic E-state index is 11.1. The van der Waals surface area contributed by atoms with Gasteiger partial charge < -0.3 is 15.1 Å². The summed E-state index contributed by atoms with van der Waals surface area (Å²) < 4.78 is 11.1. The zero-order chi connectivity index (χ0) is 12.3. The second-order valence-electron chi connectivity index (χ2n) is 3.59. The summed E-state index contributed by atoms with van der Waals surface area (Å²) in [5.74, 6) is 0. The molecular weight excluding hydrogens is 237 g/mol. The predicted octanol–water partition coefficient (Wildman–Crippen LogP) is 2.23. The summed E-state index contributed by atoms with van der Waals surface area (Å²) in [6.07, 6.45) is 0. The molecule has 0 amide bonds. The predicted molar refractivity (Wildman–Crippen MR) is 67.8 cm³/mol. The first-order valence-electron chi connectivity index (χ1n) is 5.04. The molecule has 0 atom stereocenters. The molecule has 0 spiro atoms. The molecular formula is C12H12NO3P. The van der Waals surface area contributed by atoms with Crippen LogP contribution in [0.15, 0.2) is 54.6 Å². The summed E-state index contributed by atoms with van der Waals surface area (Å²) in [7, 11) is -4.19. The molecule has 0 saturated heterocycles. The molecule has 0 aliphatic carbocycles. The van der Waals surface area contributed by atoms with Gasteiger partial charge in [-0.05, 0) is 30.3 Å². The summed E-state index contributed by atoms with van der Waals surface area (Å²) >= 11 is 0. The lowest BCUT2D eigenvalue weighted by atomic mass is 10.3. The van der Waals surface area contributed by atoms with E-state index in [1.165, 1.54) is 12.1 Å². The molecule has 3 N–H and O–H groups in total. The SMILES string of the molecule is O=P(O)(O)c1cccc(Nc2ccccc2)c1. The Hall–Kier alpha value is -1.61. The van der Waals surface area contributed by atoms with E-state index in [0.29, 0.717) is 5.69 Å². The molecule has 2 rings (SSSR count). The van der Waals surface area contributed by atoms with E-state index in [1.54, 1.807) is 12.1 Å². The van der Waals surface area contributed by atoms with Crippen LogP contribution in [0.3, 0.4) is 0 Å². The molecule has 17 heavy (non-hydrogen) atoms. The molecule has 0 bridgehead atoms. The van der Waals surface area contributed by atoms with E-state index in [1.807, 2.05) is 30.3 Å². The first kappa shape index (κ1) is 11.9. The molecule has 2 aromatic rings. The van der Waals surface area contributed by atoms with E-state index in [2.05, 4.69) is 5.32 Å². The van der Waals surface area contributed by atoms with E-state index < -0.39 is 7.60 Å². The van der Waals surface area contributed by atoms with Crippen LogP contribution in [-0.2, 0) is 4.57 Å². The Bertz CT molecular complexity index is 551. The summed E-state index contributed by atoms with van der Waals surface area (Å²) in [6, 6.07) is 15.7. The molecule has 88 valence electrons. The van der Waals surface area contributed by atoms with Gasteiger partial charge in [0.25, 0.3) is 0 Å². The maximum atomic E-state index is 11.1. The van der Waals surface area contributed by atoms with E-state index in [-0.39, 0.29) is 5.30 Å². The lowest BCUT2D eigenvalue weighted by molar-refractivity contribution is 0.387. The summed E-state index contributed by atoms with van der Waals surface area (Å²) in [6.45, 7) is 0. The third kappa shape index (κ3) is 3.17. The average Bonchev–Trinajstić information content (AvgIpc) is 2.29. The number of hydrogen-bond donors (Lipinski definition) is 3. The molecule has 0 unspecified atom stereocenters. The Morgan fingerprint density at radius 2 is 1.53 bits per heavy atom. The third-order valence-electron chi connectivity index (χ3n) is 2.24. The van der Waals surface area contributed by atoms with Crippen molar-refractivity contribution in [3.8, 4) is 0 Å². The van der Waals surface area contributed by atoms with Crippen molar-refractivity contribution in [3.05, 3.63) is 54.6 Å². The fourth-order valence-electron chi connectivity index (χ4n) is 1.45. The van der Waals surface area contributed by atoms with Gasteiger partial charge in [0, 0.05) is 11.4 Å². The number of hydrogen-bond acceptors (Lipinski definition) is 2. The van der Waals surface area contributed by atoms with Gasteiger partial charge in [0.1, 0.15) is 0 Å². The van der Waals surface area contributed by atoms with Gasteiger partial charge in [-0.3, -0.25) is 4.57 Å². The van der Waals surface area contributed by atoms with E-state index >= 15 is 0 Å². The Morgan fingerprint density at radius 1 is 0.882 bits per heavy atom. The Kier molecular flexibility index (Phi) is 3.29. The first-order valence-corrected chi connectivity index (χ1v) is 6.65. The van der Waals surface area contributed by atoms with Gasteiger partial charge in [0.15, 0.2) is 0 Å². The van der Waals surface area contributed by atoms with Crippen molar-refractivity contribution >= 4 is 24.3 Å². The second kappa shape index (κ2) is 4.72. The third-order valence-corrected chi connectivity index (χ3v) is 3.20. The van der Waals surface area contributed by atoms with Crippen molar-refractivity contribution in [2.45, 2.75) is 0 Å². The highest BCUT2D eigenvalue weighted by molar-refractivity contribution is 7.60. The number of nitrogens with one attached hydrogen (secondary N) is 1. The zero-order valence-corrected chi connectivity index (χ0v) is 9.84. The molecule has 0 saturated carbocycles. The van der Waals surface area contributed by atoms with Crippen LogP contribution in [0.25, 0.3) is 0 Å². The van der Waals surface area contributed by atoms with Gasteiger partial charge in [0.05, 0.1) is 5.30 Å². The van der Waals surface area contributed by atoms with Gasteiger partial charge in [-0.2, -0.15) is 0 Å². The van der Waals surface area contributed by atoms with Crippen LogP contribution in [0.1, 0.15) is 0 Å². The summed E-state index contributed by atoms with van der Waals surface area (Å²) in [5, 5.41) is 3.09. The van der Waals surface area contributed by atoms with Crippen LogP contribution in [-0.4, -0.2) is 9.79 Å². The van der Waals surface area contributed by atoms with E-state index in [0.717, 1.165) is 5.69 Å². The molecule has 5 heteroatoms. The minimum absolute atomic E-state index is 0.0124. The van der Waals surface area contributed by atoms with Gasteiger partial charge in [-0.1, -0.05) is 24.3 Å². The molecule has 0 heterocycles. The highest BCUT2D eigenvalue weighted by Crippen LogP contribution is 2.34. The van der Waals surface area contributed by atoms with Crippen LogP contribution in [0.5, 0.6) is 0 Å². The molecule has 0 fully saturated rings. The largest absolute Gasteiger partial charge is 0.356 e. The van der Waals surface area contributed by atoms with Crippen LogP contribution in [0.4, 0.5) is 11.4 Å².